The van der Waals surface area contributed by atoms with Gasteiger partial charge < -0.3 is 10.1 Å². The summed E-state index contributed by atoms with van der Waals surface area (Å²) in [6.45, 7) is 6.25. The number of methoxy groups -OCH3 is 1. The summed E-state index contributed by atoms with van der Waals surface area (Å²) in [5, 5.41) is 9.51. The average molecular weight is 211 g/mol. The number of carbonyl (C=O) groups is 1. The number of rotatable bonds is 3. The SMILES string of the molecule is COCC(=O)Nc1cc(C(C)(C)C)[nH]n1. The van der Waals surface area contributed by atoms with E-state index in [1.165, 1.54) is 7.11 Å². The molecule has 0 aromatic carbocycles. The van der Waals surface area contributed by atoms with Gasteiger partial charge >= 0.3 is 0 Å². The molecule has 84 valence electrons. The second-order valence-electron chi connectivity index (χ2n) is 4.40. The molecule has 0 atom stereocenters. The monoisotopic (exact) mass is 211 g/mol. The van der Waals surface area contributed by atoms with Gasteiger partial charge in [-0.1, -0.05) is 20.8 Å². The minimum Gasteiger partial charge on any atom is -0.375 e. The molecule has 0 aliphatic rings. The molecule has 2 N–H and O–H groups in total. The fourth-order valence-electron chi connectivity index (χ4n) is 1.08. The molecule has 0 saturated carbocycles. The van der Waals surface area contributed by atoms with Gasteiger partial charge in [-0.3, -0.25) is 9.89 Å². The molecule has 15 heavy (non-hydrogen) atoms. The van der Waals surface area contributed by atoms with E-state index in [-0.39, 0.29) is 17.9 Å². The van der Waals surface area contributed by atoms with Crippen LogP contribution in [0.5, 0.6) is 0 Å². The highest BCUT2D eigenvalue weighted by atomic mass is 16.5. The van der Waals surface area contributed by atoms with E-state index in [0.717, 1.165) is 5.69 Å². The molecule has 1 rings (SSSR count). The molecule has 0 spiro atoms. The van der Waals surface area contributed by atoms with E-state index in [4.69, 9.17) is 4.74 Å². The van der Waals surface area contributed by atoms with Gasteiger partial charge in [0.25, 0.3) is 5.91 Å². The summed E-state index contributed by atoms with van der Waals surface area (Å²) >= 11 is 0. The Hall–Kier alpha value is -1.36. The highest BCUT2D eigenvalue weighted by molar-refractivity contribution is 5.90. The van der Waals surface area contributed by atoms with Crippen LogP contribution in [0.2, 0.25) is 0 Å². The molecule has 1 heterocycles. The van der Waals surface area contributed by atoms with E-state index in [0.29, 0.717) is 5.82 Å². The molecule has 0 saturated heterocycles. The number of anilines is 1. The fourth-order valence-corrected chi connectivity index (χ4v) is 1.08. The number of aromatic amines is 1. The number of nitrogens with zero attached hydrogens (tertiary/aromatic N) is 1. The Kier molecular flexibility index (Phi) is 3.47. The van der Waals surface area contributed by atoms with Crippen molar-refractivity contribution in [3.05, 3.63) is 11.8 Å². The maximum absolute atomic E-state index is 11.2. The van der Waals surface area contributed by atoms with Gasteiger partial charge in [-0.05, 0) is 0 Å². The summed E-state index contributed by atoms with van der Waals surface area (Å²) in [5.74, 6) is 0.325. The lowest BCUT2D eigenvalue weighted by Crippen LogP contribution is -2.17. The van der Waals surface area contributed by atoms with E-state index in [2.05, 4.69) is 36.3 Å². The third-order valence-corrected chi connectivity index (χ3v) is 1.93. The largest absolute Gasteiger partial charge is 0.375 e. The summed E-state index contributed by atoms with van der Waals surface area (Å²) in [6, 6.07) is 1.83. The summed E-state index contributed by atoms with van der Waals surface area (Å²) < 4.78 is 4.70. The van der Waals surface area contributed by atoms with Gasteiger partial charge in [0, 0.05) is 24.3 Å². The van der Waals surface area contributed by atoms with Crippen molar-refractivity contribution in [3.8, 4) is 0 Å². The Bertz CT molecular complexity index is 339. The molecule has 5 nitrogen and oxygen atoms in total. The van der Waals surface area contributed by atoms with Crippen LogP contribution in [0.3, 0.4) is 0 Å². The molecule has 0 aliphatic heterocycles. The van der Waals surface area contributed by atoms with E-state index in [1.54, 1.807) is 0 Å². The van der Waals surface area contributed by atoms with E-state index in [9.17, 15) is 4.79 Å². The molecule has 1 amide bonds. The van der Waals surface area contributed by atoms with Crippen molar-refractivity contribution < 1.29 is 9.53 Å². The molecular weight excluding hydrogens is 194 g/mol. The second-order valence-corrected chi connectivity index (χ2v) is 4.40. The molecule has 0 fully saturated rings. The van der Waals surface area contributed by atoms with Crippen LogP contribution in [0.15, 0.2) is 6.07 Å². The number of nitrogens with one attached hydrogen (secondary N) is 2. The molecular formula is C10H17N3O2. The van der Waals surface area contributed by atoms with Crippen molar-refractivity contribution in [1.82, 2.24) is 10.2 Å². The Morgan fingerprint density at radius 2 is 2.27 bits per heavy atom. The quantitative estimate of drug-likeness (QED) is 0.791. The average Bonchev–Trinajstić information content (AvgIpc) is 2.52. The molecule has 0 unspecified atom stereocenters. The number of carbonyl (C=O) groups excluding carboxylic acids is 1. The van der Waals surface area contributed by atoms with E-state index in [1.807, 2.05) is 6.07 Å². The number of aromatic nitrogens is 2. The lowest BCUT2D eigenvalue weighted by atomic mass is 9.92. The van der Waals surface area contributed by atoms with Crippen LogP contribution in [0.25, 0.3) is 0 Å². The van der Waals surface area contributed by atoms with E-state index >= 15 is 0 Å². The van der Waals surface area contributed by atoms with Crippen LogP contribution in [-0.2, 0) is 14.9 Å². The van der Waals surface area contributed by atoms with Crippen LogP contribution in [0.4, 0.5) is 5.82 Å². The smallest absolute Gasteiger partial charge is 0.251 e. The zero-order chi connectivity index (χ0) is 11.5. The van der Waals surface area contributed by atoms with Gasteiger partial charge in [-0.2, -0.15) is 5.10 Å². The molecule has 1 aromatic rings. The highest BCUT2D eigenvalue weighted by Gasteiger charge is 2.17. The normalized spacial score (nSPS) is 11.5. The van der Waals surface area contributed by atoms with Gasteiger partial charge in [0.1, 0.15) is 6.61 Å². The van der Waals surface area contributed by atoms with Crippen LogP contribution in [0.1, 0.15) is 26.5 Å². The fraction of sp³-hybridized carbons (Fsp3) is 0.600. The summed E-state index contributed by atoms with van der Waals surface area (Å²) in [7, 11) is 1.48. The standard InChI is InChI=1S/C10H17N3O2/c1-10(2,3)7-5-8(13-12-7)11-9(14)6-15-4/h5H,6H2,1-4H3,(H2,11,12,13,14). The zero-order valence-electron chi connectivity index (χ0n) is 9.55. The van der Waals surface area contributed by atoms with Crippen LogP contribution >= 0.6 is 0 Å². The Morgan fingerprint density at radius 3 is 2.73 bits per heavy atom. The number of ether oxygens (including phenoxy) is 1. The predicted molar refractivity (Wildman–Crippen MR) is 57.8 cm³/mol. The number of H-pyrrole nitrogens is 1. The van der Waals surface area contributed by atoms with Gasteiger partial charge in [0.2, 0.25) is 0 Å². The summed E-state index contributed by atoms with van der Waals surface area (Å²) in [5.41, 5.74) is 0.979. The minimum absolute atomic E-state index is 0.00274. The zero-order valence-corrected chi connectivity index (χ0v) is 9.55. The van der Waals surface area contributed by atoms with Gasteiger partial charge in [0.15, 0.2) is 5.82 Å². The first-order chi connectivity index (χ1) is 6.93. The van der Waals surface area contributed by atoms with Crippen molar-refractivity contribution in [3.63, 3.8) is 0 Å². The molecule has 0 aliphatic carbocycles. The third kappa shape index (κ3) is 3.36. The maximum atomic E-state index is 11.2. The number of amides is 1. The predicted octanol–water partition coefficient (Wildman–Crippen LogP) is 1.29. The van der Waals surface area contributed by atoms with Crippen molar-refractivity contribution in [1.29, 1.82) is 0 Å². The van der Waals surface area contributed by atoms with Crippen LogP contribution in [-0.4, -0.2) is 29.8 Å². The van der Waals surface area contributed by atoms with E-state index < -0.39 is 0 Å². The first-order valence-corrected chi connectivity index (χ1v) is 4.78. The second kappa shape index (κ2) is 4.44. The van der Waals surface area contributed by atoms with Crippen molar-refractivity contribution in [2.24, 2.45) is 0 Å². The minimum atomic E-state index is -0.204. The summed E-state index contributed by atoms with van der Waals surface area (Å²) in [4.78, 5) is 11.2. The molecule has 5 heteroatoms. The van der Waals surface area contributed by atoms with Gasteiger partial charge in [-0.25, -0.2) is 0 Å². The van der Waals surface area contributed by atoms with Crippen LogP contribution < -0.4 is 5.32 Å². The number of hydrogen-bond acceptors (Lipinski definition) is 3. The Labute approximate surface area is 89.2 Å². The lowest BCUT2D eigenvalue weighted by Gasteiger charge is -2.14. The van der Waals surface area contributed by atoms with Gasteiger partial charge in [0.05, 0.1) is 0 Å². The Morgan fingerprint density at radius 1 is 1.60 bits per heavy atom. The van der Waals surface area contributed by atoms with Gasteiger partial charge in [-0.15, -0.1) is 0 Å². The first kappa shape index (κ1) is 11.7. The van der Waals surface area contributed by atoms with Crippen molar-refractivity contribution >= 4 is 11.7 Å². The topological polar surface area (TPSA) is 67.0 Å². The Balaban J connectivity index is 2.65. The lowest BCUT2D eigenvalue weighted by molar-refractivity contribution is -0.119. The third-order valence-electron chi connectivity index (χ3n) is 1.93. The highest BCUT2D eigenvalue weighted by Crippen LogP contribution is 2.21. The summed E-state index contributed by atoms with van der Waals surface area (Å²) in [6.07, 6.45) is 0. The molecule has 0 radical (unpaired) electrons. The van der Waals surface area contributed by atoms with Crippen LogP contribution in [0, 0.1) is 0 Å². The maximum Gasteiger partial charge on any atom is 0.251 e. The molecule has 0 bridgehead atoms. The first-order valence-electron chi connectivity index (χ1n) is 4.78. The van der Waals surface area contributed by atoms with Crippen molar-refractivity contribution in [2.45, 2.75) is 26.2 Å². The number of hydrogen-bond donors (Lipinski definition) is 2. The molecule has 1 aromatic heterocycles. The van der Waals surface area contributed by atoms with Crippen molar-refractivity contribution in [2.75, 3.05) is 19.0 Å².